The molecule has 104 valence electrons. The minimum absolute atomic E-state index is 0.518. The molecule has 0 saturated carbocycles. The second kappa shape index (κ2) is 9.01. The molecule has 1 aromatic rings. The van der Waals surface area contributed by atoms with E-state index in [0.717, 1.165) is 12.5 Å². The Balaban J connectivity index is 2.29. The monoisotopic (exact) mass is 251 g/mol. The molecule has 1 atom stereocenters. The van der Waals surface area contributed by atoms with Gasteiger partial charge in [-0.25, -0.2) is 4.98 Å². The van der Waals surface area contributed by atoms with Crippen molar-refractivity contribution >= 4 is 5.95 Å². The largest absolute Gasteiger partial charge is 0.353 e. The van der Waals surface area contributed by atoms with Crippen LogP contribution >= 0.6 is 0 Å². The summed E-state index contributed by atoms with van der Waals surface area (Å²) in [5, 5.41) is 3.53. The lowest BCUT2D eigenvalue weighted by molar-refractivity contribution is 0.582. The van der Waals surface area contributed by atoms with Crippen LogP contribution in [0.1, 0.15) is 65.7 Å². The van der Waals surface area contributed by atoms with Gasteiger partial charge >= 0.3 is 0 Å². The molecule has 0 aliphatic rings. The molecule has 1 heterocycles. The number of hydrogen-bond acceptors (Lipinski definition) is 2. The van der Waals surface area contributed by atoms with Crippen molar-refractivity contribution in [2.45, 2.75) is 78.3 Å². The number of unbranched alkanes of at least 4 members (excludes halogenated alkanes) is 4. The maximum Gasteiger partial charge on any atom is 0.202 e. The molecule has 0 radical (unpaired) electrons. The first-order valence-electron chi connectivity index (χ1n) is 7.55. The number of nitrogens with one attached hydrogen (secondary N) is 1. The van der Waals surface area contributed by atoms with E-state index in [1.807, 2.05) is 6.20 Å². The third kappa shape index (κ3) is 5.56. The Labute approximate surface area is 112 Å². The summed E-state index contributed by atoms with van der Waals surface area (Å²) < 4.78 is 2.23. The summed E-state index contributed by atoms with van der Waals surface area (Å²) in [7, 11) is 0. The van der Waals surface area contributed by atoms with Crippen LogP contribution in [0.5, 0.6) is 0 Å². The van der Waals surface area contributed by atoms with E-state index in [0.29, 0.717) is 6.04 Å². The minimum Gasteiger partial charge on any atom is -0.353 e. The molecule has 0 aromatic carbocycles. The summed E-state index contributed by atoms with van der Waals surface area (Å²) in [6, 6.07) is 0.518. The van der Waals surface area contributed by atoms with E-state index < -0.39 is 0 Å². The van der Waals surface area contributed by atoms with Gasteiger partial charge in [-0.1, -0.05) is 46.0 Å². The van der Waals surface area contributed by atoms with Crippen molar-refractivity contribution in [3.8, 4) is 0 Å². The summed E-state index contributed by atoms with van der Waals surface area (Å²) in [5.41, 5.74) is 0. The van der Waals surface area contributed by atoms with Crippen molar-refractivity contribution in [3.05, 3.63) is 12.4 Å². The lowest BCUT2D eigenvalue weighted by Gasteiger charge is -2.15. The van der Waals surface area contributed by atoms with Crippen molar-refractivity contribution in [2.75, 3.05) is 5.32 Å². The average molecular weight is 251 g/mol. The van der Waals surface area contributed by atoms with E-state index in [9.17, 15) is 0 Å². The predicted molar refractivity (Wildman–Crippen MR) is 79.0 cm³/mol. The zero-order chi connectivity index (χ0) is 13.2. The number of nitrogens with zero attached hydrogens (tertiary/aromatic N) is 2. The summed E-state index contributed by atoms with van der Waals surface area (Å²) >= 11 is 0. The van der Waals surface area contributed by atoms with Gasteiger partial charge in [0, 0.05) is 25.0 Å². The van der Waals surface area contributed by atoms with Crippen LogP contribution in [-0.4, -0.2) is 15.6 Å². The van der Waals surface area contributed by atoms with Gasteiger partial charge in [-0.05, 0) is 19.8 Å². The molecule has 0 saturated heterocycles. The first kappa shape index (κ1) is 15.1. The van der Waals surface area contributed by atoms with E-state index in [2.05, 4.69) is 41.8 Å². The zero-order valence-corrected chi connectivity index (χ0v) is 12.3. The van der Waals surface area contributed by atoms with Crippen molar-refractivity contribution in [1.82, 2.24) is 9.55 Å². The Hall–Kier alpha value is -0.990. The zero-order valence-electron chi connectivity index (χ0n) is 12.3. The van der Waals surface area contributed by atoms with Gasteiger partial charge < -0.3 is 9.88 Å². The Bertz CT molecular complexity index is 306. The molecule has 0 amide bonds. The Morgan fingerprint density at radius 3 is 2.67 bits per heavy atom. The fourth-order valence-electron chi connectivity index (χ4n) is 2.13. The van der Waals surface area contributed by atoms with Gasteiger partial charge in [0.25, 0.3) is 0 Å². The Morgan fingerprint density at radius 1 is 1.17 bits per heavy atom. The highest BCUT2D eigenvalue weighted by atomic mass is 15.2. The van der Waals surface area contributed by atoms with Gasteiger partial charge in [0.2, 0.25) is 5.95 Å². The van der Waals surface area contributed by atoms with Gasteiger partial charge in [-0.15, -0.1) is 0 Å². The first-order valence-corrected chi connectivity index (χ1v) is 7.55. The van der Waals surface area contributed by atoms with Crippen LogP contribution in [0.4, 0.5) is 5.95 Å². The van der Waals surface area contributed by atoms with Gasteiger partial charge in [-0.3, -0.25) is 0 Å². The van der Waals surface area contributed by atoms with Crippen LogP contribution < -0.4 is 5.32 Å². The number of imidazole rings is 1. The molecule has 1 unspecified atom stereocenters. The molecule has 0 spiro atoms. The molecule has 1 rings (SSSR count). The third-order valence-electron chi connectivity index (χ3n) is 3.33. The fourth-order valence-corrected chi connectivity index (χ4v) is 2.13. The number of aryl methyl sites for hydroxylation is 1. The lowest BCUT2D eigenvalue weighted by Crippen LogP contribution is -2.18. The summed E-state index contributed by atoms with van der Waals surface area (Å²) in [5.74, 6) is 1.03. The van der Waals surface area contributed by atoms with Crippen molar-refractivity contribution in [2.24, 2.45) is 0 Å². The van der Waals surface area contributed by atoms with Crippen LogP contribution in [0, 0.1) is 0 Å². The molecule has 0 aliphatic carbocycles. The van der Waals surface area contributed by atoms with E-state index >= 15 is 0 Å². The van der Waals surface area contributed by atoms with Crippen LogP contribution in [0.25, 0.3) is 0 Å². The van der Waals surface area contributed by atoms with Crippen molar-refractivity contribution in [1.29, 1.82) is 0 Å². The lowest BCUT2D eigenvalue weighted by atomic mass is 10.1. The Kier molecular flexibility index (Phi) is 7.54. The van der Waals surface area contributed by atoms with Crippen molar-refractivity contribution in [3.63, 3.8) is 0 Å². The molecule has 1 aromatic heterocycles. The third-order valence-corrected chi connectivity index (χ3v) is 3.33. The topological polar surface area (TPSA) is 29.9 Å². The van der Waals surface area contributed by atoms with Crippen LogP contribution in [-0.2, 0) is 6.54 Å². The molecule has 0 bridgehead atoms. The number of hydrogen-bond donors (Lipinski definition) is 1. The molecule has 0 fully saturated rings. The quantitative estimate of drug-likeness (QED) is 0.622. The van der Waals surface area contributed by atoms with Gasteiger partial charge in [0.05, 0.1) is 0 Å². The summed E-state index contributed by atoms with van der Waals surface area (Å²) in [6.45, 7) is 7.80. The highest BCUT2D eigenvalue weighted by molar-refractivity contribution is 5.27. The maximum atomic E-state index is 4.41. The van der Waals surface area contributed by atoms with Gasteiger partial charge in [-0.2, -0.15) is 0 Å². The highest BCUT2D eigenvalue weighted by Gasteiger charge is 2.06. The normalized spacial score (nSPS) is 12.6. The number of aromatic nitrogens is 2. The molecular formula is C15H29N3. The van der Waals surface area contributed by atoms with Crippen LogP contribution in [0.2, 0.25) is 0 Å². The molecule has 1 N–H and O–H groups in total. The smallest absolute Gasteiger partial charge is 0.202 e. The SMILES string of the molecule is CCCCCCC(C)Nc1nccn1CCCC. The van der Waals surface area contributed by atoms with Crippen LogP contribution in [0.3, 0.4) is 0 Å². The Morgan fingerprint density at radius 2 is 1.94 bits per heavy atom. The molecule has 3 heteroatoms. The summed E-state index contributed by atoms with van der Waals surface area (Å²) in [4.78, 5) is 4.41. The molecular weight excluding hydrogens is 222 g/mol. The maximum absolute atomic E-state index is 4.41. The van der Waals surface area contributed by atoms with Gasteiger partial charge in [0.1, 0.15) is 0 Å². The molecule has 0 aliphatic heterocycles. The van der Waals surface area contributed by atoms with E-state index in [1.165, 1.54) is 44.9 Å². The predicted octanol–water partition coefficient (Wildman–Crippen LogP) is 4.45. The standard InChI is InChI=1S/C15H29N3/c1-4-6-8-9-10-14(3)17-15-16-11-13-18(15)12-7-5-2/h11,13-14H,4-10,12H2,1-3H3,(H,16,17). The molecule has 18 heavy (non-hydrogen) atoms. The van der Waals surface area contributed by atoms with E-state index in [1.54, 1.807) is 0 Å². The average Bonchev–Trinajstić information content (AvgIpc) is 2.79. The number of anilines is 1. The van der Waals surface area contributed by atoms with E-state index in [-0.39, 0.29) is 0 Å². The minimum atomic E-state index is 0.518. The first-order chi connectivity index (χ1) is 8.77. The van der Waals surface area contributed by atoms with Crippen LogP contribution in [0.15, 0.2) is 12.4 Å². The second-order valence-electron chi connectivity index (χ2n) is 5.19. The number of rotatable bonds is 10. The van der Waals surface area contributed by atoms with Crippen molar-refractivity contribution < 1.29 is 0 Å². The fraction of sp³-hybridized carbons (Fsp3) is 0.800. The molecule has 3 nitrogen and oxygen atoms in total. The highest BCUT2D eigenvalue weighted by Crippen LogP contribution is 2.12. The van der Waals surface area contributed by atoms with Gasteiger partial charge in [0.15, 0.2) is 0 Å². The van der Waals surface area contributed by atoms with E-state index in [4.69, 9.17) is 0 Å². The second-order valence-corrected chi connectivity index (χ2v) is 5.19. The summed E-state index contributed by atoms with van der Waals surface area (Å²) in [6.07, 6.45) is 13.0.